The topological polar surface area (TPSA) is 60.3 Å². The van der Waals surface area contributed by atoms with E-state index < -0.39 is 0 Å². The molecule has 0 bridgehead atoms. The average Bonchev–Trinajstić information content (AvgIpc) is 2.73. The lowest BCUT2D eigenvalue weighted by Gasteiger charge is -2.13. The Hall–Kier alpha value is -3.47. The zero-order valence-electron chi connectivity index (χ0n) is 15.5. The van der Waals surface area contributed by atoms with Gasteiger partial charge in [-0.15, -0.1) is 0 Å². The monoisotopic (exact) mass is 363 g/mol. The minimum atomic E-state index is 0.377. The summed E-state index contributed by atoms with van der Waals surface area (Å²) < 4.78 is 16.0. The van der Waals surface area contributed by atoms with Gasteiger partial charge in [-0.25, -0.2) is 0 Å². The Morgan fingerprint density at radius 1 is 0.852 bits per heavy atom. The number of fused-ring (bicyclic) bond motifs is 1. The lowest BCUT2D eigenvalue weighted by Crippen LogP contribution is -2.01. The maximum absolute atomic E-state index is 9.51. The van der Waals surface area contributed by atoms with Gasteiger partial charge in [-0.3, -0.25) is 0 Å². The third-order valence-electron chi connectivity index (χ3n) is 4.28. The summed E-state index contributed by atoms with van der Waals surface area (Å²) >= 11 is 0. The van der Waals surface area contributed by atoms with Gasteiger partial charge in [0.25, 0.3) is 0 Å². The van der Waals surface area contributed by atoms with Gasteiger partial charge in [-0.1, -0.05) is 47.6 Å². The molecule has 1 N–H and O–H groups in total. The first-order valence-corrected chi connectivity index (χ1v) is 8.39. The molecule has 0 spiro atoms. The van der Waals surface area contributed by atoms with Crippen LogP contribution in [0.1, 0.15) is 11.1 Å². The summed E-state index contributed by atoms with van der Waals surface area (Å²) in [6.07, 6.45) is 3.63. The van der Waals surface area contributed by atoms with Crippen LogP contribution in [0.4, 0.5) is 0 Å². The van der Waals surface area contributed by atoms with E-state index in [1.54, 1.807) is 39.5 Å². The van der Waals surface area contributed by atoms with Crippen LogP contribution in [0.5, 0.6) is 17.2 Å². The first kappa shape index (κ1) is 18.3. The minimum Gasteiger partial charge on any atom is -0.493 e. The molecule has 0 aliphatic carbocycles. The van der Waals surface area contributed by atoms with E-state index in [0.29, 0.717) is 28.5 Å². The maximum atomic E-state index is 9.51. The van der Waals surface area contributed by atoms with Crippen molar-refractivity contribution in [2.24, 2.45) is 5.16 Å². The molecule has 27 heavy (non-hydrogen) atoms. The molecule has 0 unspecified atom stereocenters. The first-order valence-electron chi connectivity index (χ1n) is 8.39. The Bertz CT molecular complexity index is 983. The van der Waals surface area contributed by atoms with E-state index >= 15 is 0 Å². The lowest BCUT2D eigenvalue weighted by atomic mass is 10.0. The van der Waals surface area contributed by atoms with Gasteiger partial charge in [-0.2, -0.15) is 0 Å². The molecule has 0 saturated carbocycles. The molecule has 0 radical (unpaired) electrons. The van der Waals surface area contributed by atoms with E-state index in [1.807, 2.05) is 24.3 Å². The van der Waals surface area contributed by atoms with Crippen molar-refractivity contribution in [3.05, 3.63) is 71.8 Å². The van der Waals surface area contributed by atoms with Gasteiger partial charge >= 0.3 is 0 Å². The van der Waals surface area contributed by atoms with Crippen LogP contribution < -0.4 is 14.2 Å². The van der Waals surface area contributed by atoms with Crippen LogP contribution in [0.15, 0.2) is 65.8 Å². The van der Waals surface area contributed by atoms with E-state index in [2.05, 4.69) is 29.4 Å². The standard InChI is InChI=1S/C22H21NO4/c1-25-20-13-18(14-21(26-2)22(20)27-3)19(23-24)11-9-15-8-10-16-6-4-5-7-17(16)12-15/h4-14,24H,1-3H3/b11-9+,23-19+. The van der Waals surface area contributed by atoms with Gasteiger partial charge in [0.1, 0.15) is 5.71 Å². The summed E-state index contributed by atoms with van der Waals surface area (Å²) in [6.45, 7) is 0. The summed E-state index contributed by atoms with van der Waals surface area (Å²) in [6, 6.07) is 17.8. The third-order valence-corrected chi connectivity index (χ3v) is 4.28. The van der Waals surface area contributed by atoms with E-state index in [0.717, 1.165) is 10.9 Å². The molecular formula is C22H21NO4. The zero-order chi connectivity index (χ0) is 19.2. The number of nitrogens with zero attached hydrogens (tertiary/aromatic N) is 1. The van der Waals surface area contributed by atoms with E-state index in [4.69, 9.17) is 14.2 Å². The van der Waals surface area contributed by atoms with Crippen LogP contribution in [0.25, 0.3) is 16.8 Å². The van der Waals surface area contributed by atoms with Crippen molar-refractivity contribution in [2.75, 3.05) is 21.3 Å². The average molecular weight is 363 g/mol. The fraction of sp³-hybridized carbons (Fsp3) is 0.136. The van der Waals surface area contributed by atoms with Gasteiger partial charge in [0.15, 0.2) is 11.5 Å². The molecule has 0 amide bonds. The molecular weight excluding hydrogens is 342 g/mol. The molecule has 5 heteroatoms. The first-order chi connectivity index (χ1) is 13.2. The Morgan fingerprint density at radius 3 is 2.11 bits per heavy atom. The van der Waals surface area contributed by atoms with E-state index in [-0.39, 0.29) is 0 Å². The lowest BCUT2D eigenvalue weighted by molar-refractivity contribution is 0.319. The highest BCUT2D eigenvalue weighted by Gasteiger charge is 2.15. The van der Waals surface area contributed by atoms with Crippen molar-refractivity contribution in [3.8, 4) is 17.2 Å². The third kappa shape index (κ3) is 3.87. The second kappa shape index (κ2) is 8.27. The number of allylic oxidation sites excluding steroid dienone is 1. The number of benzene rings is 3. The number of hydrogen-bond donors (Lipinski definition) is 1. The SMILES string of the molecule is COc1cc(C(/C=C/c2ccc3ccccc3c2)=N/O)cc(OC)c1OC. The van der Waals surface area contributed by atoms with Crippen molar-refractivity contribution in [1.29, 1.82) is 0 Å². The van der Waals surface area contributed by atoms with Gasteiger partial charge in [0.05, 0.1) is 21.3 Å². The predicted molar refractivity (Wildman–Crippen MR) is 107 cm³/mol. The van der Waals surface area contributed by atoms with Crippen LogP contribution in [0.3, 0.4) is 0 Å². The highest BCUT2D eigenvalue weighted by atomic mass is 16.5. The Balaban J connectivity index is 1.96. The van der Waals surface area contributed by atoms with Crippen molar-refractivity contribution in [2.45, 2.75) is 0 Å². The summed E-state index contributed by atoms with van der Waals surface area (Å²) in [7, 11) is 4.63. The normalized spacial score (nSPS) is 11.7. The molecule has 0 fully saturated rings. The van der Waals surface area contributed by atoms with Crippen LogP contribution in [-0.4, -0.2) is 32.2 Å². The molecule has 3 rings (SSSR count). The largest absolute Gasteiger partial charge is 0.493 e. The van der Waals surface area contributed by atoms with Crippen LogP contribution >= 0.6 is 0 Å². The highest BCUT2D eigenvalue weighted by Crippen LogP contribution is 2.38. The van der Waals surface area contributed by atoms with Gasteiger partial charge in [0.2, 0.25) is 5.75 Å². The van der Waals surface area contributed by atoms with Crippen LogP contribution in [0, 0.1) is 0 Å². The minimum absolute atomic E-state index is 0.377. The fourth-order valence-electron chi connectivity index (χ4n) is 2.90. The van der Waals surface area contributed by atoms with Crippen molar-refractivity contribution in [3.63, 3.8) is 0 Å². The molecule has 0 aromatic heterocycles. The fourth-order valence-corrected chi connectivity index (χ4v) is 2.90. The van der Waals surface area contributed by atoms with E-state index in [1.165, 1.54) is 5.39 Å². The summed E-state index contributed by atoms with van der Waals surface area (Å²) in [4.78, 5) is 0. The molecule has 3 aromatic rings. The zero-order valence-corrected chi connectivity index (χ0v) is 15.5. The molecule has 0 aliphatic heterocycles. The van der Waals surface area contributed by atoms with E-state index in [9.17, 15) is 5.21 Å². The number of rotatable bonds is 6. The van der Waals surface area contributed by atoms with Gasteiger partial charge in [0, 0.05) is 5.56 Å². The van der Waals surface area contributed by atoms with Crippen molar-refractivity contribution < 1.29 is 19.4 Å². The number of ether oxygens (including phenoxy) is 3. The van der Waals surface area contributed by atoms with Crippen molar-refractivity contribution in [1.82, 2.24) is 0 Å². The quantitative estimate of drug-likeness (QED) is 0.390. The second-order valence-electron chi connectivity index (χ2n) is 5.84. The molecule has 0 heterocycles. The molecule has 0 aliphatic rings. The smallest absolute Gasteiger partial charge is 0.203 e. The summed E-state index contributed by atoms with van der Waals surface area (Å²) in [5, 5.41) is 15.3. The Labute approximate surface area is 158 Å². The van der Waals surface area contributed by atoms with Gasteiger partial charge in [-0.05, 0) is 40.6 Å². The number of hydrogen-bond acceptors (Lipinski definition) is 5. The second-order valence-corrected chi connectivity index (χ2v) is 5.84. The highest BCUT2D eigenvalue weighted by molar-refractivity contribution is 6.11. The van der Waals surface area contributed by atoms with Crippen LogP contribution in [0.2, 0.25) is 0 Å². The molecule has 5 nitrogen and oxygen atoms in total. The number of methoxy groups -OCH3 is 3. The molecule has 0 saturated heterocycles. The number of oxime groups is 1. The molecule has 0 atom stereocenters. The maximum Gasteiger partial charge on any atom is 0.203 e. The van der Waals surface area contributed by atoms with Crippen molar-refractivity contribution >= 4 is 22.6 Å². The Kier molecular flexibility index (Phi) is 5.61. The van der Waals surface area contributed by atoms with Gasteiger partial charge < -0.3 is 19.4 Å². The molecule has 138 valence electrons. The summed E-state index contributed by atoms with van der Waals surface area (Å²) in [5.41, 5.74) is 2.02. The van der Waals surface area contributed by atoms with Crippen LogP contribution in [-0.2, 0) is 0 Å². The molecule has 3 aromatic carbocycles. The Morgan fingerprint density at radius 2 is 1.52 bits per heavy atom. The predicted octanol–water partition coefficient (Wildman–Crippen LogP) is 4.76. The summed E-state index contributed by atoms with van der Waals surface area (Å²) in [5.74, 6) is 1.47.